The molecule has 0 radical (unpaired) electrons. The van der Waals surface area contributed by atoms with Gasteiger partial charge in [-0.1, -0.05) is 6.07 Å². The van der Waals surface area contributed by atoms with Gasteiger partial charge in [-0.15, -0.1) is 11.3 Å². The van der Waals surface area contributed by atoms with Crippen molar-refractivity contribution in [3.63, 3.8) is 0 Å². The molecular weight excluding hydrogens is 304 g/mol. The van der Waals surface area contributed by atoms with Crippen molar-refractivity contribution < 1.29 is 14.0 Å². The Morgan fingerprint density at radius 3 is 2.82 bits per heavy atom. The Hall–Kier alpha value is -2.35. The zero-order valence-corrected chi connectivity index (χ0v) is 13.2. The first-order valence-electron chi connectivity index (χ1n) is 6.68. The van der Waals surface area contributed by atoms with Crippen LogP contribution in [-0.4, -0.2) is 23.5 Å². The van der Waals surface area contributed by atoms with Gasteiger partial charge in [-0.3, -0.25) is 4.79 Å². The van der Waals surface area contributed by atoms with Gasteiger partial charge in [-0.05, 0) is 25.3 Å². The maximum Gasteiger partial charge on any atom is 0.315 e. The maximum absolute atomic E-state index is 11.7. The molecule has 0 saturated carbocycles. The Kier molecular flexibility index (Phi) is 4.81. The smallest absolute Gasteiger partial charge is 0.315 e. The molecule has 0 spiro atoms. The van der Waals surface area contributed by atoms with Gasteiger partial charge in [0.05, 0.1) is 22.5 Å². The molecule has 2 aromatic rings. The van der Waals surface area contributed by atoms with Gasteiger partial charge in [0.1, 0.15) is 6.26 Å². The lowest BCUT2D eigenvalue weighted by molar-refractivity contribution is -0.125. The van der Waals surface area contributed by atoms with E-state index in [1.807, 2.05) is 17.5 Å². The Labute approximate surface area is 131 Å². The number of amides is 3. The average molecular weight is 322 g/mol. The van der Waals surface area contributed by atoms with Crippen molar-refractivity contribution >= 4 is 23.3 Å². The zero-order chi connectivity index (χ0) is 16.2. The Morgan fingerprint density at radius 2 is 2.18 bits per heavy atom. The first-order chi connectivity index (χ1) is 10.4. The van der Waals surface area contributed by atoms with E-state index >= 15 is 0 Å². The third kappa shape index (κ3) is 4.08. The third-order valence-electron chi connectivity index (χ3n) is 3.07. The highest BCUT2D eigenvalue weighted by Crippen LogP contribution is 2.23. The highest BCUT2D eigenvalue weighted by atomic mass is 32.1. The molecule has 7 nitrogen and oxygen atoms in total. The number of nitrogens with two attached hydrogens (primary N) is 1. The summed E-state index contributed by atoms with van der Waals surface area (Å²) in [4.78, 5) is 28.1. The Balaban J connectivity index is 1.81. The van der Waals surface area contributed by atoms with E-state index in [2.05, 4.69) is 15.6 Å². The van der Waals surface area contributed by atoms with Crippen LogP contribution in [0, 0.1) is 5.41 Å². The lowest BCUT2D eigenvalue weighted by Crippen LogP contribution is -2.45. The van der Waals surface area contributed by atoms with Crippen molar-refractivity contribution in [1.82, 2.24) is 15.6 Å². The molecule has 0 aliphatic rings. The molecule has 0 unspecified atom stereocenters. The van der Waals surface area contributed by atoms with Crippen LogP contribution in [0.25, 0.3) is 10.8 Å². The van der Waals surface area contributed by atoms with Crippen molar-refractivity contribution in [1.29, 1.82) is 0 Å². The van der Waals surface area contributed by atoms with Crippen LogP contribution < -0.4 is 16.4 Å². The number of thiophene rings is 1. The van der Waals surface area contributed by atoms with Crippen LogP contribution in [0.2, 0.25) is 0 Å². The Bertz CT molecular complexity index is 649. The second-order valence-corrected chi connectivity index (χ2v) is 6.35. The van der Waals surface area contributed by atoms with E-state index in [0.717, 1.165) is 4.88 Å². The predicted octanol–water partition coefficient (Wildman–Crippen LogP) is 1.71. The van der Waals surface area contributed by atoms with E-state index in [0.29, 0.717) is 11.6 Å². The maximum atomic E-state index is 11.7. The number of nitrogens with zero attached hydrogens (tertiary/aromatic N) is 1. The van der Waals surface area contributed by atoms with Crippen LogP contribution in [0.15, 0.2) is 28.2 Å². The molecule has 2 heterocycles. The van der Waals surface area contributed by atoms with Crippen LogP contribution in [0.1, 0.15) is 19.5 Å². The minimum absolute atomic E-state index is 0.160. The van der Waals surface area contributed by atoms with Crippen molar-refractivity contribution in [3.05, 3.63) is 29.5 Å². The highest BCUT2D eigenvalue weighted by Gasteiger charge is 2.25. The summed E-state index contributed by atoms with van der Waals surface area (Å²) < 4.78 is 5.35. The van der Waals surface area contributed by atoms with Gasteiger partial charge < -0.3 is 20.8 Å². The number of aromatic nitrogens is 1. The molecule has 0 bridgehead atoms. The van der Waals surface area contributed by atoms with Crippen molar-refractivity contribution in [3.8, 4) is 10.8 Å². The first kappa shape index (κ1) is 16.0. The second kappa shape index (κ2) is 6.61. The highest BCUT2D eigenvalue weighted by molar-refractivity contribution is 7.13. The van der Waals surface area contributed by atoms with Crippen LogP contribution in [-0.2, 0) is 11.3 Å². The van der Waals surface area contributed by atoms with E-state index in [1.54, 1.807) is 13.8 Å². The topological polar surface area (TPSA) is 110 Å². The molecule has 22 heavy (non-hydrogen) atoms. The minimum atomic E-state index is -0.794. The summed E-state index contributed by atoms with van der Waals surface area (Å²) in [5.41, 5.74) is 5.06. The molecule has 0 aliphatic carbocycles. The normalized spacial score (nSPS) is 11.2. The number of hydrogen-bond donors (Lipinski definition) is 3. The van der Waals surface area contributed by atoms with Crippen LogP contribution in [0.4, 0.5) is 4.79 Å². The number of urea groups is 1. The molecule has 118 valence electrons. The van der Waals surface area contributed by atoms with E-state index in [1.165, 1.54) is 17.6 Å². The lowest BCUT2D eigenvalue weighted by atomic mass is 9.93. The molecule has 0 atom stereocenters. The number of nitrogens with one attached hydrogen (secondary N) is 2. The van der Waals surface area contributed by atoms with Gasteiger partial charge >= 0.3 is 6.03 Å². The van der Waals surface area contributed by atoms with Crippen LogP contribution in [0.3, 0.4) is 0 Å². The van der Waals surface area contributed by atoms with E-state index in [-0.39, 0.29) is 13.1 Å². The van der Waals surface area contributed by atoms with Crippen molar-refractivity contribution in [2.24, 2.45) is 11.1 Å². The van der Waals surface area contributed by atoms with E-state index < -0.39 is 17.4 Å². The second-order valence-electron chi connectivity index (χ2n) is 5.41. The fourth-order valence-corrected chi connectivity index (χ4v) is 2.18. The van der Waals surface area contributed by atoms with Crippen molar-refractivity contribution in [2.45, 2.75) is 20.4 Å². The van der Waals surface area contributed by atoms with Gasteiger partial charge in [-0.2, -0.15) is 0 Å². The predicted molar refractivity (Wildman–Crippen MR) is 83.0 cm³/mol. The first-order valence-corrected chi connectivity index (χ1v) is 7.56. The summed E-state index contributed by atoms with van der Waals surface area (Å²) in [6, 6.07) is 3.43. The fourth-order valence-electron chi connectivity index (χ4n) is 1.52. The molecule has 2 aromatic heterocycles. The third-order valence-corrected chi connectivity index (χ3v) is 3.93. The minimum Gasteiger partial charge on any atom is -0.443 e. The summed E-state index contributed by atoms with van der Waals surface area (Å²) in [5.74, 6) is 0.0620. The average Bonchev–Trinajstić information content (AvgIpc) is 3.13. The lowest BCUT2D eigenvalue weighted by Gasteiger charge is -2.20. The summed E-state index contributed by atoms with van der Waals surface area (Å²) in [6.45, 7) is 3.73. The molecular formula is C14H18N4O3S. The van der Waals surface area contributed by atoms with Gasteiger partial charge in [0.15, 0.2) is 0 Å². The SMILES string of the molecule is CC(C)(CNC(=O)NCc1coc(-c2cccs2)n1)C(N)=O. The van der Waals surface area contributed by atoms with Crippen LogP contribution in [0.5, 0.6) is 0 Å². The van der Waals surface area contributed by atoms with E-state index in [9.17, 15) is 9.59 Å². The number of primary amides is 1. The largest absolute Gasteiger partial charge is 0.443 e. The molecule has 3 amide bonds. The summed E-state index contributed by atoms with van der Waals surface area (Å²) in [6.07, 6.45) is 1.50. The summed E-state index contributed by atoms with van der Waals surface area (Å²) >= 11 is 1.53. The summed E-state index contributed by atoms with van der Waals surface area (Å²) in [7, 11) is 0. The quantitative estimate of drug-likeness (QED) is 0.752. The molecule has 0 saturated heterocycles. The zero-order valence-electron chi connectivity index (χ0n) is 12.4. The van der Waals surface area contributed by atoms with Crippen molar-refractivity contribution in [2.75, 3.05) is 6.54 Å². The fraction of sp³-hybridized carbons (Fsp3) is 0.357. The Morgan fingerprint density at radius 1 is 1.41 bits per heavy atom. The number of carbonyl (C=O) groups is 2. The molecule has 2 rings (SSSR count). The van der Waals surface area contributed by atoms with Gasteiger partial charge in [0.2, 0.25) is 11.8 Å². The number of rotatable bonds is 6. The molecule has 0 fully saturated rings. The number of carbonyl (C=O) groups excluding carboxylic acids is 2. The number of oxazole rings is 1. The number of hydrogen-bond acceptors (Lipinski definition) is 5. The van der Waals surface area contributed by atoms with Gasteiger partial charge in [0.25, 0.3) is 0 Å². The summed E-state index contributed by atoms with van der Waals surface area (Å²) in [5, 5.41) is 7.19. The van der Waals surface area contributed by atoms with E-state index in [4.69, 9.17) is 10.2 Å². The van der Waals surface area contributed by atoms with Gasteiger partial charge in [0, 0.05) is 6.54 Å². The monoisotopic (exact) mass is 322 g/mol. The van der Waals surface area contributed by atoms with Crippen LogP contribution >= 0.6 is 11.3 Å². The van der Waals surface area contributed by atoms with Gasteiger partial charge in [-0.25, -0.2) is 9.78 Å². The molecule has 4 N–H and O–H groups in total. The molecule has 0 aromatic carbocycles. The molecule has 0 aliphatic heterocycles. The molecule has 8 heteroatoms. The standard InChI is InChI=1S/C14H18N4O3S/c1-14(2,12(15)19)8-17-13(20)16-6-9-7-21-11(18-9)10-4-3-5-22-10/h3-5,7H,6,8H2,1-2H3,(H2,15,19)(H2,16,17,20).